The van der Waals surface area contributed by atoms with E-state index < -0.39 is 0 Å². The largest absolute Gasteiger partial charge is 0.308 e. The maximum atomic E-state index is 6.13. The van der Waals surface area contributed by atoms with Gasteiger partial charge >= 0.3 is 0 Å². The predicted molar refractivity (Wildman–Crippen MR) is 72.9 cm³/mol. The van der Waals surface area contributed by atoms with E-state index in [2.05, 4.69) is 26.3 Å². The lowest BCUT2D eigenvalue weighted by Crippen LogP contribution is -2.12. The molecule has 1 aromatic carbocycles. The standard InChI is InChI=1S/C12H13BrClN3/c1-17-8-9(6-16-17)5-15-7-10-2-3-11(13)4-12(10)14/h2-4,6,8,15H,5,7H2,1H3. The zero-order valence-electron chi connectivity index (χ0n) is 9.45. The van der Waals surface area contributed by atoms with Gasteiger partial charge in [-0.15, -0.1) is 0 Å². The summed E-state index contributed by atoms with van der Waals surface area (Å²) in [6.45, 7) is 1.54. The fourth-order valence-electron chi connectivity index (χ4n) is 1.57. The number of benzene rings is 1. The summed E-state index contributed by atoms with van der Waals surface area (Å²) < 4.78 is 2.79. The highest BCUT2D eigenvalue weighted by atomic mass is 79.9. The van der Waals surface area contributed by atoms with E-state index in [1.807, 2.05) is 37.6 Å². The van der Waals surface area contributed by atoms with Gasteiger partial charge in [0.1, 0.15) is 0 Å². The normalized spacial score (nSPS) is 10.8. The molecule has 0 saturated heterocycles. The maximum Gasteiger partial charge on any atom is 0.0534 e. The Morgan fingerprint density at radius 1 is 1.41 bits per heavy atom. The number of hydrogen-bond donors (Lipinski definition) is 1. The molecule has 0 radical (unpaired) electrons. The van der Waals surface area contributed by atoms with Crippen molar-refractivity contribution in [3.8, 4) is 0 Å². The Morgan fingerprint density at radius 2 is 2.24 bits per heavy atom. The summed E-state index contributed by atoms with van der Waals surface area (Å²) in [4.78, 5) is 0. The lowest BCUT2D eigenvalue weighted by Gasteiger charge is -2.06. The Balaban J connectivity index is 1.90. The minimum atomic E-state index is 0.751. The molecule has 1 N–H and O–H groups in total. The molecule has 0 aliphatic carbocycles. The Morgan fingerprint density at radius 3 is 2.88 bits per heavy atom. The van der Waals surface area contributed by atoms with Gasteiger partial charge in [-0.2, -0.15) is 5.10 Å². The Kier molecular flexibility index (Phi) is 4.20. The quantitative estimate of drug-likeness (QED) is 0.939. The number of nitrogens with zero attached hydrogens (tertiary/aromatic N) is 2. The topological polar surface area (TPSA) is 29.9 Å². The third-order valence-corrected chi connectivity index (χ3v) is 3.26. The van der Waals surface area contributed by atoms with E-state index in [1.165, 1.54) is 5.56 Å². The van der Waals surface area contributed by atoms with Crippen molar-refractivity contribution in [1.29, 1.82) is 0 Å². The Labute approximate surface area is 114 Å². The second kappa shape index (κ2) is 5.67. The van der Waals surface area contributed by atoms with Crippen molar-refractivity contribution >= 4 is 27.5 Å². The highest BCUT2D eigenvalue weighted by molar-refractivity contribution is 9.10. The average Bonchev–Trinajstić information content (AvgIpc) is 2.68. The monoisotopic (exact) mass is 313 g/mol. The molecule has 0 saturated carbocycles. The van der Waals surface area contributed by atoms with Crippen molar-refractivity contribution in [2.45, 2.75) is 13.1 Å². The van der Waals surface area contributed by atoms with Crippen molar-refractivity contribution in [3.63, 3.8) is 0 Å². The predicted octanol–water partition coefficient (Wildman–Crippen LogP) is 3.13. The molecule has 0 bridgehead atoms. The van der Waals surface area contributed by atoms with E-state index in [1.54, 1.807) is 4.68 Å². The van der Waals surface area contributed by atoms with Crippen LogP contribution in [0.15, 0.2) is 35.1 Å². The molecule has 3 nitrogen and oxygen atoms in total. The second-order valence-electron chi connectivity index (χ2n) is 3.86. The molecular weight excluding hydrogens is 302 g/mol. The van der Waals surface area contributed by atoms with Crippen LogP contribution in [-0.4, -0.2) is 9.78 Å². The number of rotatable bonds is 4. The van der Waals surface area contributed by atoms with E-state index in [9.17, 15) is 0 Å². The number of aryl methyl sites for hydroxylation is 1. The third kappa shape index (κ3) is 3.56. The van der Waals surface area contributed by atoms with Gasteiger partial charge in [-0.25, -0.2) is 0 Å². The molecule has 0 atom stereocenters. The Bertz CT molecular complexity index is 510. The first-order valence-corrected chi connectivity index (χ1v) is 6.44. The molecule has 2 rings (SSSR count). The van der Waals surface area contributed by atoms with Crippen LogP contribution in [0.3, 0.4) is 0 Å². The SMILES string of the molecule is Cn1cc(CNCc2ccc(Br)cc2Cl)cn1. The van der Waals surface area contributed by atoms with Gasteiger partial charge in [-0.3, -0.25) is 4.68 Å². The molecule has 17 heavy (non-hydrogen) atoms. The van der Waals surface area contributed by atoms with Crippen molar-refractivity contribution in [1.82, 2.24) is 15.1 Å². The van der Waals surface area contributed by atoms with E-state index in [0.717, 1.165) is 28.1 Å². The summed E-state index contributed by atoms with van der Waals surface area (Å²) in [6.07, 6.45) is 3.85. The third-order valence-electron chi connectivity index (χ3n) is 2.42. The number of halogens is 2. The number of nitrogens with one attached hydrogen (secondary N) is 1. The van der Waals surface area contributed by atoms with E-state index >= 15 is 0 Å². The Hall–Kier alpha value is -0.840. The van der Waals surface area contributed by atoms with Crippen LogP contribution in [0.5, 0.6) is 0 Å². The van der Waals surface area contributed by atoms with Crippen LogP contribution in [0.4, 0.5) is 0 Å². The lowest BCUT2D eigenvalue weighted by molar-refractivity contribution is 0.692. The van der Waals surface area contributed by atoms with Gasteiger partial charge in [0.05, 0.1) is 6.20 Å². The molecule has 90 valence electrons. The molecular formula is C12H13BrClN3. The van der Waals surface area contributed by atoms with E-state index in [4.69, 9.17) is 11.6 Å². The van der Waals surface area contributed by atoms with Crippen LogP contribution in [0.2, 0.25) is 5.02 Å². The molecule has 0 aliphatic heterocycles. The smallest absolute Gasteiger partial charge is 0.0534 e. The van der Waals surface area contributed by atoms with Gasteiger partial charge in [-0.1, -0.05) is 33.6 Å². The highest BCUT2D eigenvalue weighted by Gasteiger charge is 2.01. The van der Waals surface area contributed by atoms with Crippen molar-refractivity contribution in [2.75, 3.05) is 0 Å². The minimum absolute atomic E-state index is 0.751. The van der Waals surface area contributed by atoms with E-state index in [0.29, 0.717) is 0 Å². The van der Waals surface area contributed by atoms with Gasteiger partial charge in [0.25, 0.3) is 0 Å². The van der Waals surface area contributed by atoms with Gasteiger partial charge in [0.2, 0.25) is 0 Å². The molecule has 2 aromatic rings. The summed E-state index contributed by atoms with van der Waals surface area (Å²) in [7, 11) is 1.91. The molecule has 5 heteroatoms. The summed E-state index contributed by atoms with van der Waals surface area (Å²) in [5.41, 5.74) is 2.26. The van der Waals surface area contributed by atoms with Gasteiger partial charge in [0.15, 0.2) is 0 Å². The highest BCUT2D eigenvalue weighted by Crippen LogP contribution is 2.21. The summed E-state index contributed by atoms with van der Waals surface area (Å²) in [6, 6.07) is 5.91. The summed E-state index contributed by atoms with van der Waals surface area (Å²) in [5.74, 6) is 0. The van der Waals surface area contributed by atoms with Crippen molar-refractivity contribution in [3.05, 3.63) is 51.2 Å². The zero-order chi connectivity index (χ0) is 12.3. The first kappa shape index (κ1) is 12.6. The molecule has 1 aromatic heterocycles. The number of hydrogen-bond acceptors (Lipinski definition) is 2. The first-order valence-electron chi connectivity index (χ1n) is 5.27. The maximum absolute atomic E-state index is 6.13. The molecule has 0 spiro atoms. The molecule has 1 heterocycles. The van der Waals surface area contributed by atoms with Crippen LogP contribution in [0.1, 0.15) is 11.1 Å². The van der Waals surface area contributed by atoms with Crippen molar-refractivity contribution in [2.24, 2.45) is 7.05 Å². The molecule has 0 amide bonds. The van der Waals surface area contributed by atoms with Crippen LogP contribution < -0.4 is 5.32 Å². The van der Waals surface area contributed by atoms with Crippen LogP contribution in [-0.2, 0) is 20.1 Å². The molecule has 0 unspecified atom stereocenters. The average molecular weight is 315 g/mol. The van der Waals surface area contributed by atoms with Crippen LogP contribution in [0, 0.1) is 0 Å². The fraction of sp³-hybridized carbons (Fsp3) is 0.250. The van der Waals surface area contributed by atoms with Gasteiger partial charge in [-0.05, 0) is 17.7 Å². The molecule has 0 aliphatic rings. The molecule has 0 fully saturated rings. The first-order chi connectivity index (χ1) is 8.15. The summed E-state index contributed by atoms with van der Waals surface area (Å²) in [5, 5.41) is 8.23. The zero-order valence-corrected chi connectivity index (χ0v) is 11.8. The van der Waals surface area contributed by atoms with Gasteiger partial charge < -0.3 is 5.32 Å². The van der Waals surface area contributed by atoms with E-state index in [-0.39, 0.29) is 0 Å². The summed E-state index contributed by atoms with van der Waals surface area (Å²) >= 11 is 9.52. The second-order valence-corrected chi connectivity index (χ2v) is 5.18. The lowest BCUT2D eigenvalue weighted by atomic mass is 10.2. The van der Waals surface area contributed by atoms with Gasteiger partial charge in [0, 0.05) is 41.4 Å². The fourth-order valence-corrected chi connectivity index (χ4v) is 2.31. The minimum Gasteiger partial charge on any atom is -0.308 e. The number of aromatic nitrogens is 2. The van der Waals surface area contributed by atoms with Crippen LogP contribution >= 0.6 is 27.5 Å². The van der Waals surface area contributed by atoms with Crippen molar-refractivity contribution < 1.29 is 0 Å². The van der Waals surface area contributed by atoms with Crippen LogP contribution in [0.25, 0.3) is 0 Å².